The van der Waals surface area contributed by atoms with E-state index < -0.39 is 11.9 Å². The highest BCUT2D eigenvalue weighted by Gasteiger charge is 2.36. The Kier molecular flexibility index (Phi) is 3.93. The highest BCUT2D eigenvalue weighted by molar-refractivity contribution is 6.21. The molecule has 0 saturated heterocycles. The molecule has 1 aliphatic rings. The minimum Gasteiger partial charge on any atom is -0.550 e. The monoisotopic (exact) mass is 308 g/mol. The summed E-state index contributed by atoms with van der Waals surface area (Å²) in [5, 5.41) is 11.0. The molecule has 0 radical (unpaired) electrons. The molecule has 23 heavy (non-hydrogen) atoms. The first kappa shape index (κ1) is 15.0. The van der Waals surface area contributed by atoms with Crippen LogP contribution in [0.3, 0.4) is 0 Å². The van der Waals surface area contributed by atoms with Crippen molar-refractivity contribution in [1.29, 1.82) is 0 Å². The van der Waals surface area contributed by atoms with E-state index in [-0.39, 0.29) is 24.8 Å². The maximum atomic E-state index is 12.4. The van der Waals surface area contributed by atoms with Gasteiger partial charge in [-0.2, -0.15) is 0 Å². The quantitative estimate of drug-likeness (QED) is 0.778. The summed E-state index contributed by atoms with van der Waals surface area (Å²) in [6.45, 7) is 0.0182. The lowest BCUT2D eigenvalue weighted by molar-refractivity contribution is -0.306. The van der Waals surface area contributed by atoms with Gasteiger partial charge in [0.2, 0.25) is 0 Å². The molecule has 0 unspecified atom stereocenters. The first-order valence-corrected chi connectivity index (χ1v) is 7.28. The maximum absolute atomic E-state index is 12.4. The first-order chi connectivity index (χ1) is 11.1. The van der Waals surface area contributed by atoms with E-state index >= 15 is 0 Å². The zero-order valence-electron chi connectivity index (χ0n) is 12.3. The summed E-state index contributed by atoms with van der Waals surface area (Å²) in [6, 6.07) is 15.6. The van der Waals surface area contributed by atoms with E-state index in [2.05, 4.69) is 0 Å². The lowest BCUT2D eigenvalue weighted by Gasteiger charge is -2.23. The SMILES string of the molecule is O=C([O-])C[C@@H](CN1C(=O)c2ccccc2C1=O)c1ccccc1. The Hall–Kier alpha value is -2.95. The number of amides is 2. The zero-order valence-corrected chi connectivity index (χ0v) is 12.3. The van der Waals surface area contributed by atoms with Gasteiger partial charge in [0.25, 0.3) is 11.8 Å². The molecule has 2 aromatic carbocycles. The van der Waals surface area contributed by atoms with Crippen LogP contribution in [0.15, 0.2) is 54.6 Å². The van der Waals surface area contributed by atoms with Gasteiger partial charge in [0.05, 0.1) is 11.1 Å². The molecule has 5 nitrogen and oxygen atoms in total. The van der Waals surface area contributed by atoms with E-state index in [0.717, 1.165) is 10.5 Å². The van der Waals surface area contributed by atoms with Crippen LogP contribution in [-0.2, 0) is 4.79 Å². The fourth-order valence-corrected chi connectivity index (χ4v) is 2.84. The third-order valence-electron chi connectivity index (χ3n) is 3.97. The molecule has 0 bridgehead atoms. The summed E-state index contributed by atoms with van der Waals surface area (Å²) < 4.78 is 0. The molecule has 3 rings (SSSR count). The van der Waals surface area contributed by atoms with Crippen LogP contribution in [0.25, 0.3) is 0 Å². The second-order valence-electron chi connectivity index (χ2n) is 5.45. The van der Waals surface area contributed by atoms with Gasteiger partial charge in [-0.3, -0.25) is 14.5 Å². The molecule has 2 amide bonds. The number of benzene rings is 2. The number of rotatable bonds is 5. The standard InChI is InChI=1S/C18H15NO4/c20-16(21)10-13(12-6-2-1-3-7-12)11-19-17(22)14-8-4-5-9-15(14)18(19)23/h1-9,13H,10-11H2,(H,20,21)/p-1/t13-/m0/s1. The summed E-state index contributed by atoms with van der Waals surface area (Å²) >= 11 is 0. The summed E-state index contributed by atoms with van der Waals surface area (Å²) in [7, 11) is 0. The average molecular weight is 308 g/mol. The topological polar surface area (TPSA) is 77.5 Å². The largest absolute Gasteiger partial charge is 0.550 e. The van der Waals surface area contributed by atoms with Crippen LogP contribution in [0.1, 0.15) is 38.6 Å². The molecular formula is C18H14NO4-. The van der Waals surface area contributed by atoms with E-state index in [1.165, 1.54) is 0 Å². The Labute approximate surface area is 133 Å². The van der Waals surface area contributed by atoms with Crippen LogP contribution in [-0.4, -0.2) is 29.2 Å². The molecule has 0 saturated carbocycles. The van der Waals surface area contributed by atoms with Crippen LogP contribution in [0.5, 0.6) is 0 Å². The fourth-order valence-electron chi connectivity index (χ4n) is 2.84. The molecule has 1 heterocycles. The molecule has 116 valence electrons. The molecule has 1 aliphatic heterocycles. The van der Waals surface area contributed by atoms with Crippen molar-refractivity contribution in [2.24, 2.45) is 0 Å². The number of nitrogens with zero attached hydrogens (tertiary/aromatic N) is 1. The van der Waals surface area contributed by atoms with Crippen molar-refractivity contribution in [2.75, 3.05) is 6.54 Å². The average Bonchev–Trinajstić information content (AvgIpc) is 2.80. The van der Waals surface area contributed by atoms with Gasteiger partial charge in [0, 0.05) is 18.4 Å². The number of hydrogen-bond donors (Lipinski definition) is 0. The molecule has 0 aliphatic carbocycles. The second-order valence-corrected chi connectivity index (χ2v) is 5.45. The molecule has 0 fully saturated rings. The number of imide groups is 1. The zero-order chi connectivity index (χ0) is 16.4. The smallest absolute Gasteiger partial charge is 0.261 e. The lowest BCUT2D eigenvalue weighted by Crippen LogP contribution is -2.36. The number of carboxylic acids is 1. The van der Waals surface area contributed by atoms with E-state index in [1.54, 1.807) is 48.5 Å². The number of aliphatic carboxylic acids is 1. The van der Waals surface area contributed by atoms with E-state index in [9.17, 15) is 19.5 Å². The number of hydrogen-bond acceptors (Lipinski definition) is 4. The number of carboxylic acid groups (broad SMARTS) is 1. The summed E-state index contributed by atoms with van der Waals surface area (Å²) in [5.41, 5.74) is 1.48. The van der Waals surface area contributed by atoms with Gasteiger partial charge >= 0.3 is 0 Å². The van der Waals surface area contributed by atoms with E-state index in [0.29, 0.717) is 11.1 Å². The van der Waals surface area contributed by atoms with Crippen molar-refractivity contribution in [3.8, 4) is 0 Å². The molecule has 5 heteroatoms. The van der Waals surface area contributed by atoms with Crippen molar-refractivity contribution < 1.29 is 19.5 Å². The van der Waals surface area contributed by atoms with Crippen LogP contribution in [0.4, 0.5) is 0 Å². The summed E-state index contributed by atoms with van der Waals surface area (Å²) in [6.07, 6.45) is -0.253. The van der Waals surface area contributed by atoms with Crippen LogP contribution in [0.2, 0.25) is 0 Å². The Morgan fingerprint density at radius 2 is 1.43 bits per heavy atom. The highest BCUT2D eigenvalue weighted by atomic mass is 16.4. The minimum atomic E-state index is -1.21. The highest BCUT2D eigenvalue weighted by Crippen LogP contribution is 2.27. The van der Waals surface area contributed by atoms with Crippen molar-refractivity contribution in [2.45, 2.75) is 12.3 Å². The van der Waals surface area contributed by atoms with E-state index in [1.807, 2.05) is 6.07 Å². The van der Waals surface area contributed by atoms with E-state index in [4.69, 9.17) is 0 Å². The van der Waals surface area contributed by atoms with Gasteiger partial charge in [-0.25, -0.2) is 0 Å². The molecular weight excluding hydrogens is 294 g/mol. The Bertz CT molecular complexity index is 735. The van der Waals surface area contributed by atoms with Crippen molar-refractivity contribution >= 4 is 17.8 Å². The van der Waals surface area contributed by atoms with Crippen LogP contribution < -0.4 is 5.11 Å². The van der Waals surface area contributed by atoms with Gasteiger partial charge in [-0.1, -0.05) is 42.5 Å². The van der Waals surface area contributed by atoms with Gasteiger partial charge in [0.15, 0.2) is 0 Å². The minimum absolute atomic E-state index is 0.0182. The normalized spacial score (nSPS) is 14.7. The van der Waals surface area contributed by atoms with Crippen LogP contribution >= 0.6 is 0 Å². The summed E-state index contributed by atoms with van der Waals surface area (Å²) in [4.78, 5) is 37.0. The fraction of sp³-hybridized carbons (Fsp3) is 0.167. The van der Waals surface area contributed by atoms with Crippen molar-refractivity contribution in [3.05, 3.63) is 71.3 Å². The third kappa shape index (κ3) is 2.85. The lowest BCUT2D eigenvalue weighted by atomic mass is 9.95. The third-order valence-corrected chi connectivity index (χ3v) is 3.97. The predicted octanol–water partition coefficient (Wildman–Crippen LogP) is 1.21. The molecule has 0 spiro atoms. The maximum Gasteiger partial charge on any atom is 0.261 e. The van der Waals surface area contributed by atoms with Gasteiger partial charge in [0.1, 0.15) is 0 Å². The molecule has 1 atom stereocenters. The van der Waals surface area contributed by atoms with Gasteiger partial charge in [-0.15, -0.1) is 0 Å². The Balaban J connectivity index is 1.88. The predicted molar refractivity (Wildman–Crippen MR) is 80.6 cm³/mol. The van der Waals surface area contributed by atoms with Gasteiger partial charge in [-0.05, 0) is 24.1 Å². The molecule has 0 aromatic heterocycles. The van der Waals surface area contributed by atoms with Crippen molar-refractivity contribution in [1.82, 2.24) is 4.90 Å². The molecule has 0 N–H and O–H groups in total. The Morgan fingerprint density at radius 1 is 0.913 bits per heavy atom. The Morgan fingerprint density at radius 3 is 1.96 bits per heavy atom. The van der Waals surface area contributed by atoms with Crippen molar-refractivity contribution in [3.63, 3.8) is 0 Å². The summed E-state index contributed by atoms with van der Waals surface area (Å²) in [5.74, 6) is -2.48. The first-order valence-electron chi connectivity index (χ1n) is 7.28. The number of carbonyl (C=O) groups is 3. The number of fused-ring (bicyclic) bond motifs is 1. The van der Waals surface area contributed by atoms with Gasteiger partial charge < -0.3 is 9.90 Å². The molecule has 2 aromatic rings. The number of carbonyl (C=O) groups excluding carboxylic acids is 3. The second kappa shape index (κ2) is 6.04. The van der Waals surface area contributed by atoms with Crippen LogP contribution in [0, 0.1) is 0 Å².